The van der Waals surface area contributed by atoms with Gasteiger partial charge in [-0.1, -0.05) is 24.3 Å². The van der Waals surface area contributed by atoms with E-state index >= 15 is 0 Å². The molecule has 1 aromatic heterocycles. The van der Waals surface area contributed by atoms with Crippen molar-refractivity contribution >= 4 is 23.7 Å². The van der Waals surface area contributed by atoms with Gasteiger partial charge in [-0.3, -0.25) is 9.78 Å². The summed E-state index contributed by atoms with van der Waals surface area (Å²) in [4.78, 5) is 17.6. The number of pyridine rings is 1. The van der Waals surface area contributed by atoms with Gasteiger partial charge in [0.2, 0.25) is 5.91 Å². The van der Waals surface area contributed by atoms with Gasteiger partial charge >= 0.3 is 0 Å². The monoisotopic (exact) mass is 293 g/mol. The standard InChI is InChI=1S/C18H19N3O/c19-18(22)17-2-1-13-21(17)16-7-5-14(6-8-16)3-4-15-9-11-20-12-10-15/h3-12,17H,1-2,13H2,(H2,19,22)/b4-3+/t17-/m1/s1. The fourth-order valence-electron chi connectivity index (χ4n) is 2.82. The number of carbonyl (C=O) groups excluding carboxylic acids is 1. The number of rotatable bonds is 4. The lowest BCUT2D eigenvalue weighted by Gasteiger charge is -2.24. The molecule has 2 heterocycles. The van der Waals surface area contributed by atoms with Crippen molar-refractivity contribution in [2.24, 2.45) is 5.73 Å². The molecule has 0 spiro atoms. The zero-order valence-corrected chi connectivity index (χ0v) is 12.4. The van der Waals surface area contributed by atoms with Gasteiger partial charge < -0.3 is 10.6 Å². The molecule has 1 aromatic carbocycles. The molecule has 0 bridgehead atoms. The molecule has 1 fully saturated rings. The average Bonchev–Trinajstić information content (AvgIpc) is 3.04. The highest BCUT2D eigenvalue weighted by Crippen LogP contribution is 2.26. The number of nitrogens with two attached hydrogens (primary N) is 1. The first-order valence-corrected chi connectivity index (χ1v) is 7.48. The Kier molecular flexibility index (Phi) is 4.19. The predicted octanol–water partition coefficient (Wildman–Crippen LogP) is 2.71. The lowest BCUT2D eigenvalue weighted by molar-refractivity contribution is -0.119. The maximum absolute atomic E-state index is 11.5. The van der Waals surface area contributed by atoms with Crippen LogP contribution in [-0.2, 0) is 4.79 Å². The maximum Gasteiger partial charge on any atom is 0.240 e. The van der Waals surface area contributed by atoms with E-state index < -0.39 is 0 Å². The van der Waals surface area contributed by atoms with E-state index in [2.05, 4.69) is 34.2 Å². The van der Waals surface area contributed by atoms with Crippen LogP contribution < -0.4 is 10.6 Å². The van der Waals surface area contributed by atoms with E-state index in [4.69, 9.17) is 5.73 Å². The number of nitrogens with zero attached hydrogens (tertiary/aromatic N) is 2. The van der Waals surface area contributed by atoms with Crippen molar-refractivity contribution in [2.75, 3.05) is 11.4 Å². The van der Waals surface area contributed by atoms with E-state index in [-0.39, 0.29) is 11.9 Å². The molecular formula is C18H19N3O. The lowest BCUT2D eigenvalue weighted by atomic mass is 10.1. The summed E-state index contributed by atoms with van der Waals surface area (Å²) in [5, 5.41) is 0. The molecule has 22 heavy (non-hydrogen) atoms. The zero-order valence-electron chi connectivity index (χ0n) is 12.4. The van der Waals surface area contributed by atoms with Crippen LogP contribution in [0.25, 0.3) is 12.2 Å². The molecule has 1 aliphatic rings. The second kappa shape index (κ2) is 6.43. The second-order valence-corrected chi connectivity index (χ2v) is 5.46. The first kappa shape index (κ1) is 14.3. The quantitative estimate of drug-likeness (QED) is 0.943. The van der Waals surface area contributed by atoms with Crippen molar-refractivity contribution in [3.8, 4) is 0 Å². The van der Waals surface area contributed by atoms with Crippen LogP contribution in [0.1, 0.15) is 24.0 Å². The third-order valence-corrected chi connectivity index (χ3v) is 3.98. The van der Waals surface area contributed by atoms with E-state index in [1.807, 2.05) is 24.3 Å². The number of benzene rings is 1. The molecule has 4 nitrogen and oxygen atoms in total. The summed E-state index contributed by atoms with van der Waals surface area (Å²) in [6.45, 7) is 0.889. The minimum absolute atomic E-state index is 0.168. The van der Waals surface area contributed by atoms with Crippen molar-refractivity contribution in [3.05, 3.63) is 59.9 Å². The Hall–Kier alpha value is -2.62. The van der Waals surface area contributed by atoms with Crippen LogP contribution in [0.3, 0.4) is 0 Å². The summed E-state index contributed by atoms with van der Waals surface area (Å²) in [6, 6.07) is 12.0. The van der Waals surface area contributed by atoms with Crippen LogP contribution in [0.2, 0.25) is 0 Å². The normalized spacial score (nSPS) is 18.0. The number of aromatic nitrogens is 1. The molecule has 1 aliphatic heterocycles. The molecule has 2 N–H and O–H groups in total. The van der Waals surface area contributed by atoms with Crippen molar-refractivity contribution < 1.29 is 4.79 Å². The molecule has 2 aromatic rings. The second-order valence-electron chi connectivity index (χ2n) is 5.46. The van der Waals surface area contributed by atoms with Gasteiger partial charge in [0, 0.05) is 24.6 Å². The number of hydrogen-bond donors (Lipinski definition) is 1. The van der Waals surface area contributed by atoms with Gasteiger partial charge in [-0.25, -0.2) is 0 Å². The summed E-state index contributed by atoms with van der Waals surface area (Å²) in [6.07, 6.45) is 9.53. The number of primary amides is 1. The van der Waals surface area contributed by atoms with Gasteiger partial charge in [-0.15, -0.1) is 0 Å². The van der Waals surface area contributed by atoms with E-state index in [1.165, 1.54) is 0 Å². The molecule has 1 atom stereocenters. The van der Waals surface area contributed by atoms with Crippen LogP contribution in [0.4, 0.5) is 5.69 Å². The van der Waals surface area contributed by atoms with Crippen LogP contribution in [0.15, 0.2) is 48.8 Å². The first-order chi connectivity index (χ1) is 10.7. The highest BCUT2D eigenvalue weighted by atomic mass is 16.1. The minimum Gasteiger partial charge on any atom is -0.368 e. The van der Waals surface area contributed by atoms with Crippen LogP contribution in [0, 0.1) is 0 Å². The molecule has 1 amide bonds. The van der Waals surface area contributed by atoms with E-state index in [1.54, 1.807) is 12.4 Å². The third-order valence-electron chi connectivity index (χ3n) is 3.98. The Morgan fingerprint density at radius 1 is 1.09 bits per heavy atom. The third kappa shape index (κ3) is 3.17. The van der Waals surface area contributed by atoms with Crippen LogP contribution in [-0.4, -0.2) is 23.5 Å². The fraction of sp³-hybridized carbons (Fsp3) is 0.222. The highest BCUT2D eigenvalue weighted by molar-refractivity contribution is 5.84. The Labute approximate surface area is 130 Å². The number of anilines is 1. The number of hydrogen-bond acceptors (Lipinski definition) is 3. The van der Waals surface area contributed by atoms with E-state index in [9.17, 15) is 4.79 Å². The summed E-state index contributed by atoms with van der Waals surface area (Å²) >= 11 is 0. The van der Waals surface area contributed by atoms with Crippen LogP contribution >= 0.6 is 0 Å². The first-order valence-electron chi connectivity index (χ1n) is 7.48. The van der Waals surface area contributed by atoms with Gasteiger partial charge in [-0.2, -0.15) is 0 Å². The van der Waals surface area contributed by atoms with E-state index in [0.717, 1.165) is 36.2 Å². The zero-order chi connectivity index (χ0) is 15.4. The average molecular weight is 293 g/mol. The summed E-state index contributed by atoms with van der Waals surface area (Å²) < 4.78 is 0. The topological polar surface area (TPSA) is 59.2 Å². The van der Waals surface area contributed by atoms with Crippen molar-refractivity contribution in [1.82, 2.24) is 4.98 Å². The van der Waals surface area contributed by atoms with Gasteiger partial charge in [0.05, 0.1) is 0 Å². The van der Waals surface area contributed by atoms with Gasteiger partial charge in [-0.05, 0) is 48.2 Å². The summed E-state index contributed by atoms with van der Waals surface area (Å²) in [5.41, 5.74) is 8.77. The smallest absolute Gasteiger partial charge is 0.240 e. The molecule has 4 heteroatoms. The maximum atomic E-state index is 11.5. The Bertz CT molecular complexity index is 664. The molecule has 3 rings (SSSR count). The predicted molar refractivity (Wildman–Crippen MR) is 89.2 cm³/mol. The SMILES string of the molecule is NC(=O)[C@H]1CCCN1c1ccc(/C=C/c2ccncc2)cc1. The van der Waals surface area contributed by atoms with Crippen molar-refractivity contribution in [3.63, 3.8) is 0 Å². The molecule has 0 radical (unpaired) electrons. The summed E-state index contributed by atoms with van der Waals surface area (Å²) in [7, 11) is 0. The molecule has 112 valence electrons. The molecular weight excluding hydrogens is 274 g/mol. The van der Waals surface area contributed by atoms with Gasteiger partial charge in [0.25, 0.3) is 0 Å². The largest absolute Gasteiger partial charge is 0.368 e. The van der Waals surface area contributed by atoms with Gasteiger partial charge in [0.1, 0.15) is 6.04 Å². The Balaban J connectivity index is 1.73. The minimum atomic E-state index is -0.237. The molecule has 1 saturated heterocycles. The van der Waals surface area contributed by atoms with Crippen LogP contribution in [0.5, 0.6) is 0 Å². The van der Waals surface area contributed by atoms with Gasteiger partial charge in [0.15, 0.2) is 0 Å². The number of carbonyl (C=O) groups is 1. The van der Waals surface area contributed by atoms with E-state index in [0.29, 0.717) is 0 Å². The molecule has 0 aliphatic carbocycles. The Morgan fingerprint density at radius 3 is 2.36 bits per heavy atom. The van der Waals surface area contributed by atoms with Crippen molar-refractivity contribution in [1.29, 1.82) is 0 Å². The highest BCUT2D eigenvalue weighted by Gasteiger charge is 2.28. The molecule has 0 saturated carbocycles. The molecule has 0 unspecified atom stereocenters. The Morgan fingerprint density at radius 2 is 1.73 bits per heavy atom. The number of amides is 1. The van der Waals surface area contributed by atoms with Crippen molar-refractivity contribution in [2.45, 2.75) is 18.9 Å². The summed E-state index contributed by atoms with van der Waals surface area (Å²) in [5.74, 6) is -0.237. The lowest BCUT2D eigenvalue weighted by Crippen LogP contribution is -2.40. The fourth-order valence-corrected chi connectivity index (χ4v) is 2.82.